The lowest BCUT2D eigenvalue weighted by Gasteiger charge is -2.29. The molecule has 0 unspecified atom stereocenters. The summed E-state index contributed by atoms with van der Waals surface area (Å²) in [4.78, 5) is 35.6. The zero-order valence-electron chi connectivity index (χ0n) is 19.4. The zero-order valence-corrected chi connectivity index (χ0v) is 21.0. The lowest BCUT2D eigenvalue weighted by Crippen LogP contribution is -2.45. The fraction of sp³-hybridized carbons (Fsp3) is 0.320. The smallest absolute Gasteiger partial charge is 0.275 e. The van der Waals surface area contributed by atoms with Crippen LogP contribution >= 0.6 is 23.1 Å². The van der Waals surface area contributed by atoms with Crippen molar-refractivity contribution in [3.05, 3.63) is 64.5 Å². The second kappa shape index (κ2) is 9.87. The molecule has 1 aromatic heterocycles. The maximum atomic E-state index is 13.5. The maximum absolute atomic E-state index is 13.5. The third kappa shape index (κ3) is 4.72. The Morgan fingerprint density at radius 3 is 2.83 bits per heavy atom. The van der Waals surface area contributed by atoms with Gasteiger partial charge < -0.3 is 19.9 Å². The van der Waals surface area contributed by atoms with Crippen LogP contribution in [0.3, 0.4) is 0 Å². The molecule has 0 saturated carbocycles. The van der Waals surface area contributed by atoms with E-state index in [1.807, 2.05) is 31.0 Å². The van der Waals surface area contributed by atoms with Crippen molar-refractivity contribution in [3.63, 3.8) is 0 Å². The number of aryl methyl sites for hydroxylation is 1. The van der Waals surface area contributed by atoms with E-state index in [2.05, 4.69) is 10.3 Å². The molecule has 2 aliphatic heterocycles. The number of aromatic nitrogens is 1. The normalized spacial score (nSPS) is 17.2. The number of hydrogen-bond acceptors (Lipinski definition) is 7. The van der Waals surface area contributed by atoms with Gasteiger partial charge in [0.25, 0.3) is 11.8 Å². The van der Waals surface area contributed by atoms with Crippen LogP contribution in [0.1, 0.15) is 25.9 Å². The summed E-state index contributed by atoms with van der Waals surface area (Å²) in [5, 5.41) is 3.79. The van der Waals surface area contributed by atoms with Crippen molar-refractivity contribution >= 4 is 40.6 Å². The number of hydrogen-bond donors (Lipinski definition) is 1. The summed E-state index contributed by atoms with van der Waals surface area (Å²) in [5.41, 5.74) is 2.47. The van der Waals surface area contributed by atoms with Crippen molar-refractivity contribution < 1.29 is 18.7 Å². The summed E-state index contributed by atoms with van der Waals surface area (Å²) in [6, 6.07) is 11.4. The molecule has 35 heavy (non-hydrogen) atoms. The molecule has 1 N–H and O–H groups in total. The monoisotopic (exact) mass is 512 g/mol. The van der Waals surface area contributed by atoms with Crippen molar-refractivity contribution in [1.29, 1.82) is 0 Å². The number of nitrogens with zero attached hydrogens (tertiary/aromatic N) is 3. The Morgan fingerprint density at radius 1 is 1.23 bits per heavy atom. The van der Waals surface area contributed by atoms with Crippen LogP contribution in [0.25, 0.3) is 10.4 Å². The first kappa shape index (κ1) is 23.6. The first-order valence-corrected chi connectivity index (χ1v) is 13.3. The highest BCUT2D eigenvalue weighted by atomic mass is 32.2. The molecule has 2 aliphatic rings. The van der Waals surface area contributed by atoms with Crippen LogP contribution in [-0.4, -0.2) is 66.1 Å². The SMILES string of the molecule is Cc1nc(C(=O)N2CSC[C@H]2CNC(=O)c2cccc3c2N(C)CCO3)c(-c2ccc(F)cc2)s1. The summed E-state index contributed by atoms with van der Waals surface area (Å²) in [5.74, 6) is 1.25. The van der Waals surface area contributed by atoms with Gasteiger partial charge in [0.05, 0.1) is 39.6 Å². The van der Waals surface area contributed by atoms with Gasteiger partial charge in [-0.3, -0.25) is 9.59 Å². The number of para-hydroxylation sites is 1. The number of anilines is 1. The maximum Gasteiger partial charge on any atom is 0.275 e. The van der Waals surface area contributed by atoms with Crippen LogP contribution in [0.2, 0.25) is 0 Å². The van der Waals surface area contributed by atoms with Crippen molar-refractivity contribution in [2.45, 2.75) is 13.0 Å². The number of nitrogens with one attached hydrogen (secondary N) is 1. The van der Waals surface area contributed by atoms with Crippen LogP contribution in [-0.2, 0) is 0 Å². The van der Waals surface area contributed by atoms with E-state index in [4.69, 9.17) is 4.74 Å². The molecular formula is C25H25FN4O3S2. The van der Waals surface area contributed by atoms with Gasteiger partial charge in [0.1, 0.15) is 23.9 Å². The third-order valence-electron chi connectivity index (χ3n) is 6.09. The third-order valence-corrected chi connectivity index (χ3v) is 8.19. The van der Waals surface area contributed by atoms with E-state index >= 15 is 0 Å². The molecule has 2 amide bonds. The van der Waals surface area contributed by atoms with Crippen LogP contribution < -0.4 is 15.0 Å². The highest BCUT2D eigenvalue weighted by molar-refractivity contribution is 7.99. The first-order chi connectivity index (χ1) is 16.9. The number of halogens is 1. The van der Waals surface area contributed by atoms with Crippen LogP contribution in [0, 0.1) is 12.7 Å². The number of rotatable bonds is 5. The molecule has 1 atom stereocenters. The van der Waals surface area contributed by atoms with Gasteiger partial charge in [-0.05, 0) is 36.8 Å². The summed E-state index contributed by atoms with van der Waals surface area (Å²) < 4.78 is 19.1. The molecule has 0 bridgehead atoms. The quantitative estimate of drug-likeness (QED) is 0.557. The van der Waals surface area contributed by atoms with E-state index in [9.17, 15) is 14.0 Å². The minimum Gasteiger partial charge on any atom is -0.490 e. The predicted molar refractivity (Wildman–Crippen MR) is 137 cm³/mol. The molecule has 1 saturated heterocycles. The number of ether oxygens (including phenoxy) is 1. The standard InChI is InChI=1S/C25H25FN4O3S2/c1-15-28-21(23(35-15)16-6-8-17(26)9-7-16)25(32)30-14-34-13-18(30)12-27-24(31)19-4-3-5-20-22(19)29(2)10-11-33-20/h3-9,18H,10-14H2,1-2H3,(H,27,31)/t18-/m1/s1. The highest BCUT2D eigenvalue weighted by Gasteiger charge is 2.33. The molecule has 182 valence electrons. The van der Waals surface area contributed by atoms with E-state index in [1.54, 1.807) is 34.9 Å². The Labute approximate surface area is 211 Å². The second-order valence-corrected chi connectivity index (χ2v) is 10.7. The van der Waals surface area contributed by atoms with Crippen molar-refractivity contribution in [3.8, 4) is 16.2 Å². The zero-order chi connectivity index (χ0) is 24.5. The molecule has 5 rings (SSSR count). The Kier molecular flexibility index (Phi) is 6.66. The van der Waals surface area contributed by atoms with Gasteiger partial charge in [-0.25, -0.2) is 9.37 Å². The first-order valence-electron chi connectivity index (χ1n) is 11.3. The van der Waals surface area contributed by atoms with Crippen LogP contribution in [0.15, 0.2) is 42.5 Å². The van der Waals surface area contributed by atoms with Crippen LogP contribution in [0.4, 0.5) is 10.1 Å². The fourth-order valence-corrected chi connectivity index (χ4v) is 6.42. The predicted octanol–water partition coefficient (Wildman–Crippen LogP) is 4.03. The van der Waals surface area contributed by atoms with Crippen molar-refractivity contribution in [2.75, 3.05) is 43.3 Å². The average molecular weight is 513 g/mol. The van der Waals surface area contributed by atoms with Gasteiger partial charge in [-0.1, -0.05) is 18.2 Å². The van der Waals surface area contributed by atoms with Crippen LogP contribution in [0.5, 0.6) is 5.75 Å². The molecular weight excluding hydrogens is 487 g/mol. The minimum atomic E-state index is -0.327. The summed E-state index contributed by atoms with van der Waals surface area (Å²) in [6.07, 6.45) is 0. The number of thiazole rings is 1. The topological polar surface area (TPSA) is 74.8 Å². The van der Waals surface area contributed by atoms with Gasteiger partial charge in [0.15, 0.2) is 0 Å². The Bertz CT molecular complexity index is 1260. The Balaban J connectivity index is 1.32. The summed E-state index contributed by atoms with van der Waals surface area (Å²) >= 11 is 3.06. The van der Waals surface area contributed by atoms with E-state index < -0.39 is 0 Å². The molecule has 3 heterocycles. The molecule has 3 aromatic rings. The minimum absolute atomic E-state index is 0.159. The van der Waals surface area contributed by atoms with E-state index in [-0.39, 0.29) is 23.7 Å². The molecule has 0 aliphatic carbocycles. The number of fused-ring (bicyclic) bond motifs is 1. The van der Waals surface area contributed by atoms with Gasteiger partial charge in [-0.15, -0.1) is 23.1 Å². The molecule has 2 aromatic carbocycles. The molecule has 0 spiro atoms. The molecule has 0 radical (unpaired) electrons. The highest BCUT2D eigenvalue weighted by Crippen LogP contribution is 2.35. The number of carbonyl (C=O) groups is 2. The number of benzene rings is 2. The lowest BCUT2D eigenvalue weighted by atomic mass is 10.1. The van der Waals surface area contributed by atoms with E-state index in [0.29, 0.717) is 42.6 Å². The number of thioether (sulfide) groups is 1. The number of amides is 2. The molecule has 1 fully saturated rings. The van der Waals surface area contributed by atoms with Crippen molar-refractivity contribution in [1.82, 2.24) is 15.2 Å². The lowest BCUT2D eigenvalue weighted by molar-refractivity contribution is 0.0732. The summed E-state index contributed by atoms with van der Waals surface area (Å²) in [6.45, 7) is 3.48. The number of likely N-dealkylation sites (N-methyl/N-ethyl adjacent to an activating group) is 1. The number of carbonyl (C=O) groups excluding carboxylic acids is 2. The van der Waals surface area contributed by atoms with Gasteiger partial charge in [0.2, 0.25) is 0 Å². The molecule has 7 nitrogen and oxygen atoms in total. The largest absolute Gasteiger partial charge is 0.490 e. The Hall–Kier alpha value is -3.11. The van der Waals surface area contributed by atoms with Crippen molar-refractivity contribution in [2.24, 2.45) is 0 Å². The Morgan fingerprint density at radius 2 is 2.03 bits per heavy atom. The van der Waals surface area contributed by atoms with Gasteiger partial charge in [0, 0.05) is 19.3 Å². The van der Waals surface area contributed by atoms with Gasteiger partial charge in [-0.2, -0.15) is 0 Å². The van der Waals surface area contributed by atoms with E-state index in [0.717, 1.165) is 26.9 Å². The van der Waals surface area contributed by atoms with Gasteiger partial charge >= 0.3 is 0 Å². The average Bonchev–Trinajstić information content (AvgIpc) is 3.49. The summed E-state index contributed by atoms with van der Waals surface area (Å²) in [7, 11) is 1.95. The molecule has 10 heteroatoms. The second-order valence-electron chi connectivity index (χ2n) is 8.48. The van der Waals surface area contributed by atoms with E-state index in [1.165, 1.54) is 23.5 Å². The fourth-order valence-electron chi connectivity index (χ4n) is 4.31.